The molecule has 4 heteroatoms. The van der Waals surface area contributed by atoms with Gasteiger partial charge in [0.15, 0.2) is 0 Å². The smallest absolute Gasteiger partial charge is 0.104 e. The van der Waals surface area contributed by atoms with Crippen LogP contribution in [0.1, 0.15) is 48.1 Å². The average molecular weight is 275 g/mol. The molecular formula is C15H21N3S. The number of nitrogen functional groups attached to an aromatic ring is 1. The molecule has 19 heavy (non-hydrogen) atoms. The zero-order valence-corrected chi connectivity index (χ0v) is 12.1. The molecule has 1 aliphatic carbocycles. The van der Waals surface area contributed by atoms with Crippen LogP contribution in [0.4, 0.5) is 5.00 Å². The van der Waals surface area contributed by atoms with Crippen molar-refractivity contribution in [1.82, 2.24) is 4.90 Å². The molecule has 0 saturated heterocycles. The first-order chi connectivity index (χ1) is 9.28. The Labute approximate surface area is 119 Å². The van der Waals surface area contributed by atoms with Crippen LogP contribution in [-0.4, -0.2) is 18.0 Å². The monoisotopic (exact) mass is 275 g/mol. The molecule has 3 rings (SSSR count). The molecule has 1 aromatic rings. The van der Waals surface area contributed by atoms with Gasteiger partial charge in [0, 0.05) is 30.1 Å². The highest BCUT2D eigenvalue weighted by molar-refractivity contribution is 7.16. The van der Waals surface area contributed by atoms with Gasteiger partial charge in [0.25, 0.3) is 0 Å². The summed E-state index contributed by atoms with van der Waals surface area (Å²) in [6.07, 6.45) is 8.07. The highest BCUT2D eigenvalue weighted by Crippen LogP contribution is 2.35. The molecule has 2 aliphatic rings. The number of anilines is 1. The lowest BCUT2D eigenvalue weighted by molar-refractivity contribution is 0.188. The molecule has 2 N–H and O–H groups in total. The Kier molecular flexibility index (Phi) is 3.76. The molecule has 3 nitrogen and oxygen atoms in total. The first kappa shape index (κ1) is 13.0. The van der Waals surface area contributed by atoms with E-state index in [1.807, 2.05) is 0 Å². The van der Waals surface area contributed by atoms with Crippen molar-refractivity contribution in [2.45, 2.75) is 45.1 Å². The third kappa shape index (κ3) is 2.63. The zero-order valence-electron chi connectivity index (χ0n) is 11.3. The SMILES string of the molecule is N#Cc1c(N)sc2c1CN(CC1CCCCC1)CC2. The van der Waals surface area contributed by atoms with E-state index >= 15 is 0 Å². The summed E-state index contributed by atoms with van der Waals surface area (Å²) in [7, 11) is 0. The number of nitrogens with zero attached hydrogens (tertiary/aromatic N) is 2. The third-order valence-electron chi connectivity index (χ3n) is 4.51. The Bertz CT molecular complexity index is 494. The molecule has 0 aromatic carbocycles. The lowest BCUT2D eigenvalue weighted by Crippen LogP contribution is -2.34. The van der Waals surface area contributed by atoms with Gasteiger partial charge in [-0.25, -0.2) is 0 Å². The summed E-state index contributed by atoms with van der Waals surface area (Å²) in [6.45, 7) is 3.27. The van der Waals surface area contributed by atoms with Crippen molar-refractivity contribution in [3.05, 3.63) is 16.0 Å². The summed E-state index contributed by atoms with van der Waals surface area (Å²) in [5.41, 5.74) is 7.90. The Hall–Kier alpha value is -1.05. The fourth-order valence-corrected chi connectivity index (χ4v) is 4.50. The van der Waals surface area contributed by atoms with Crippen molar-refractivity contribution in [3.63, 3.8) is 0 Å². The molecule has 1 saturated carbocycles. The maximum atomic E-state index is 9.23. The summed E-state index contributed by atoms with van der Waals surface area (Å²) >= 11 is 1.62. The van der Waals surface area contributed by atoms with Gasteiger partial charge in [-0.05, 0) is 25.2 Å². The molecule has 2 heterocycles. The van der Waals surface area contributed by atoms with Crippen LogP contribution in [0.5, 0.6) is 0 Å². The standard InChI is InChI=1S/C15H21N3S/c16-8-12-13-10-18(7-6-14(13)19-15(12)17)9-11-4-2-1-3-5-11/h11H,1-7,9-10,17H2. The first-order valence-corrected chi connectivity index (χ1v) is 8.12. The van der Waals surface area contributed by atoms with Crippen molar-refractivity contribution in [2.75, 3.05) is 18.8 Å². The normalized spacial score (nSPS) is 21.0. The van der Waals surface area contributed by atoms with Crippen LogP contribution in [0, 0.1) is 17.2 Å². The second-order valence-corrected chi connectivity index (χ2v) is 6.98. The molecule has 0 amide bonds. The Morgan fingerprint density at radius 2 is 2.11 bits per heavy atom. The van der Waals surface area contributed by atoms with Crippen molar-refractivity contribution >= 4 is 16.3 Å². The second kappa shape index (κ2) is 5.52. The van der Waals surface area contributed by atoms with Crippen LogP contribution in [0.2, 0.25) is 0 Å². The molecule has 0 spiro atoms. The van der Waals surface area contributed by atoms with E-state index in [1.54, 1.807) is 11.3 Å². The maximum Gasteiger partial charge on any atom is 0.104 e. The van der Waals surface area contributed by atoms with Gasteiger partial charge >= 0.3 is 0 Å². The van der Waals surface area contributed by atoms with Gasteiger partial charge in [0.2, 0.25) is 0 Å². The van der Waals surface area contributed by atoms with Crippen LogP contribution in [0.3, 0.4) is 0 Å². The highest BCUT2D eigenvalue weighted by Gasteiger charge is 2.25. The van der Waals surface area contributed by atoms with Gasteiger partial charge in [-0.3, -0.25) is 4.90 Å². The predicted octanol–water partition coefficient (Wildman–Crippen LogP) is 3.14. The van der Waals surface area contributed by atoms with Crippen LogP contribution in [0.15, 0.2) is 0 Å². The fourth-order valence-electron chi connectivity index (χ4n) is 3.48. The predicted molar refractivity (Wildman–Crippen MR) is 79.0 cm³/mol. The van der Waals surface area contributed by atoms with Crippen LogP contribution in [0.25, 0.3) is 0 Å². The molecule has 1 aromatic heterocycles. The molecule has 0 bridgehead atoms. The quantitative estimate of drug-likeness (QED) is 0.902. The number of hydrogen-bond donors (Lipinski definition) is 1. The van der Waals surface area contributed by atoms with Crippen LogP contribution >= 0.6 is 11.3 Å². The lowest BCUT2D eigenvalue weighted by Gasteiger charge is -2.32. The third-order valence-corrected chi connectivity index (χ3v) is 5.63. The minimum absolute atomic E-state index is 0.715. The van der Waals surface area contributed by atoms with Crippen molar-refractivity contribution in [1.29, 1.82) is 5.26 Å². The molecule has 1 aliphatic heterocycles. The summed E-state index contributed by atoms with van der Waals surface area (Å²) < 4.78 is 0. The fraction of sp³-hybridized carbons (Fsp3) is 0.667. The lowest BCUT2D eigenvalue weighted by atomic mass is 9.88. The van der Waals surface area contributed by atoms with E-state index in [0.29, 0.717) is 5.00 Å². The molecule has 0 unspecified atom stereocenters. The minimum Gasteiger partial charge on any atom is -0.389 e. The van der Waals surface area contributed by atoms with Crippen molar-refractivity contribution in [2.24, 2.45) is 5.92 Å². The van der Waals surface area contributed by atoms with E-state index in [-0.39, 0.29) is 0 Å². The van der Waals surface area contributed by atoms with Gasteiger partial charge in [-0.15, -0.1) is 11.3 Å². The zero-order chi connectivity index (χ0) is 13.2. The van der Waals surface area contributed by atoms with E-state index in [1.165, 1.54) is 49.1 Å². The number of rotatable bonds is 2. The van der Waals surface area contributed by atoms with Crippen LogP contribution in [-0.2, 0) is 13.0 Å². The summed E-state index contributed by atoms with van der Waals surface area (Å²) in [5.74, 6) is 0.872. The van der Waals surface area contributed by atoms with Crippen molar-refractivity contribution < 1.29 is 0 Å². The molecule has 0 atom stereocenters. The highest BCUT2D eigenvalue weighted by atomic mass is 32.1. The first-order valence-electron chi connectivity index (χ1n) is 7.30. The summed E-state index contributed by atoms with van der Waals surface area (Å²) in [5, 5.41) is 9.94. The maximum absolute atomic E-state index is 9.23. The number of hydrogen-bond acceptors (Lipinski definition) is 4. The topological polar surface area (TPSA) is 53.1 Å². The van der Waals surface area contributed by atoms with E-state index < -0.39 is 0 Å². The van der Waals surface area contributed by atoms with Crippen molar-refractivity contribution in [3.8, 4) is 6.07 Å². The molecular weight excluding hydrogens is 254 g/mol. The largest absolute Gasteiger partial charge is 0.389 e. The van der Waals surface area contributed by atoms with E-state index in [9.17, 15) is 5.26 Å². The van der Waals surface area contributed by atoms with E-state index in [2.05, 4.69) is 11.0 Å². The average Bonchev–Trinajstić information content (AvgIpc) is 2.74. The Balaban J connectivity index is 1.69. The van der Waals surface area contributed by atoms with Gasteiger partial charge in [0.05, 0.1) is 5.56 Å². The minimum atomic E-state index is 0.715. The molecule has 102 valence electrons. The Morgan fingerprint density at radius 1 is 1.32 bits per heavy atom. The van der Waals surface area contributed by atoms with Gasteiger partial charge in [-0.2, -0.15) is 5.26 Å². The van der Waals surface area contributed by atoms with Gasteiger partial charge in [-0.1, -0.05) is 19.3 Å². The molecule has 0 radical (unpaired) electrons. The molecule has 1 fully saturated rings. The van der Waals surface area contributed by atoms with Gasteiger partial charge in [0.1, 0.15) is 11.1 Å². The number of nitrogens with two attached hydrogens (primary N) is 1. The van der Waals surface area contributed by atoms with Crippen LogP contribution < -0.4 is 5.73 Å². The summed E-state index contributed by atoms with van der Waals surface area (Å²) in [4.78, 5) is 3.87. The number of nitriles is 1. The summed E-state index contributed by atoms with van der Waals surface area (Å²) in [6, 6.07) is 2.29. The number of fused-ring (bicyclic) bond motifs is 1. The van der Waals surface area contributed by atoms with Gasteiger partial charge < -0.3 is 5.73 Å². The van der Waals surface area contributed by atoms with E-state index in [4.69, 9.17) is 5.73 Å². The van der Waals surface area contributed by atoms with E-state index in [0.717, 1.165) is 31.0 Å². The second-order valence-electron chi connectivity index (χ2n) is 5.84. The number of thiophene rings is 1. The Morgan fingerprint density at radius 3 is 2.84 bits per heavy atom.